The van der Waals surface area contributed by atoms with Gasteiger partial charge in [-0.15, -0.1) is 0 Å². The second kappa shape index (κ2) is 6.53. The summed E-state index contributed by atoms with van der Waals surface area (Å²) >= 11 is 8.95. The number of aliphatic carboxylic acids is 2. The van der Waals surface area contributed by atoms with E-state index >= 15 is 0 Å². The second-order valence-corrected chi connectivity index (χ2v) is 4.85. The lowest BCUT2D eigenvalue weighted by atomic mass is 10.1. The van der Waals surface area contributed by atoms with Gasteiger partial charge < -0.3 is 15.5 Å². The van der Waals surface area contributed by atoms with Gasteiger partial charge in [-0.25, -0.2) is 4.79 Å². The Morgan fingerprint density at radius 3 is 2.42 bits per heavy atom. The van der Waals surface area contributed by atoms with Crippen molar-refractivity contribution < 1.29 is 24.6 Å². The SMILES string of the molecule is O=C(O)C[C@@H](NC(=O)c1ccc(Br)c(Cl)c1)C(=O)O. The van der Waals surface area contributed by atoms with Crippen molar-refractivity contribution >= 4 is 45.4 Å². The number of amides is 1. The van der Waals surface area contributed by atoms with Crippen LogP contribution < -0.4 is 5.32 Å². The maximum absolute atomic E-state index is 11.8. The fraction of sp³-hybridized carbons (Fsp3) is 0.182. The normalized spacial score (nSPS) is 11.7. The maximum atomic E-state index is 11.8. The molecule has 0 fully saturated rings. The number of carboxylic acids is 2. The molecule has 0 unspecified atom stereocenters. The van der Waals surface area contributed by atoms with Gasteiger partial charge in [0.15, 0.2) is 0 Å². The monoisotopic (exact) mass is 349 g/mol. The summed E-state index contributed by atoms with van der Waals surface area (Å²) < 4.78 is 0.589. The maximum Gasteiger partial charge on any atom is 0.326 e. The summed E-state index contributed by atoms with van der Waals surface area (Å²) in [5.41, 5.74) is 0.143. The first-order chi connectivity index (χ1) is 8.81. The molecule has 0 aromatic heterocycles. The zero-order valence-corrected chi connectivity index (χ0v) is 11.7. The predicted octanol–water partition coefficient (Wildman–Crippen LogP) is 1.76. The Bertz CT molecular complexity index is 534. The fourth-order valence-corrected chi connectivity index (χ4v) is 1.68. The van der Waals surface area contributed by atoms with Crippen molar-refractivity contribution in [1.82, 2.24) is 5.32 Å². The summed E-state index contributed by atoms with van der Waals surface area (Å²) in [5.74, 6) is -3.44. The Balaban J connectivity index is 2.84. The van der Waals surface area contributed by atoms with Crippen molar-refractivity contribution in [1.29, 1.82) is 0 Å². The lowest BCUT2D eigenvalue weighted by Crippen LogP contribution is -2.42. The molecule has 3 N–H and O–H groups in total. The molecule has 0 spiro atoms. The van der Waals surface area contributed by atoms with Crippen molar-refractivity contribution in [2.45, 2.75) is 12.5 Å². The molecular weight excluding hydrogens is 341 g/mol. The largest absolute Gasteiger partial charge is 0.481 e. The molecule has 1 amide bonds. The van der Waals surface area contributed by atoms with Gasteiger partial charge in [-0.3, -0.25) is 9.59 Å². The van der Waals surface area contributed by atoms with E-state index in [9.17, 15) is 14.4 Å². The summed E-state index contributed by atoms with van der Waals surface area (Å²) in [6.07, 6.45) is -0.703. The quantitative estimate of drug-likeness (QED) is 0.751. The summed E-state index contributed by atoms with van der Waals surface area (Å²) in [4.78, 5) is 33.1. The highest BCUT2D eigenvalue weighted by molar-refractivity contribution is 9.10. The smallest absolute Gasteiger partial charge is 0.326 e. The van der Waals surface area contributed by atoms with E-state index in [-0.39, 0.29) is 10.6 Å². The molecule has 19 heavy (non-hydrogen) atoms. The van der Waals surface area contributed by atoms with Crippen molar-refractivity contribution in [2.24, 2.45) is 0 Å². The van der Waals surface area contributed by atoms with E-state index in [0.29, 0.717) is 4.47 Å². The molecule has 0 saturated carbocycles. The molecule has 6 nitrogen and oxygen atoms in total. The Labute approximate surface area is 121 Å². The van der Waals surface area contributed by atoms with Gasteiger partial charge >= 0.3 is 11.9 Å². The van der Waals surface area contributed by atoms with Gasteiger partial charge in [-0.1, -0.05) is 11.6 Å². The highest BCUT2D eigenvalue weighted by atomic mass is 79.9. The lowest BCUT2D eigenvalue weighted by molar-refractivity contribution is -0.145. The van der Waals surface area contributed by atoms with Gasteiger partial charge in [0.1, 0.15) is 6.04 Å². The summed E-state index contributed by atoms with van der Waals surface area (Å²) in [6.45, 7) is 0. The van der Waals surface area contributed by atoms with Crippen LogP contribution in [0.1, 0.15) is 16.8 Å². The third kappa shape index (κ3) is 4.53. The van der Waals surface area contributed by atoms with E-state index in [4.69, 9.17) is 21.8 Å². The third-order valence-corrected chi connectivity index (χ3v) is 3.40. The molecule has 0 radical (unpaired) electrons. The zero-order chi connectivity index (χ0) is 14.6. The third-order valence-electron chi connectivity index (χ3n) is 2.16. The molecule has 1 aromatic rings. The minimum atomic E-state index is -1.49. The average Bonchev–Trinajstić information content (AvgIpc) is 2.31. The van der Waals surface area contributed by atoms with Crippen LogP contribution in [0.25, 0.3) is 0 Å². The van der Waals surface area contributed by atoms with Crippen molar-refractivity contribution in [2.75, 3.05) is 0 Å². The highest BCUT2D eigenvalue weighted by Gasteiger charge is 2.23. The topological polar surface area (TPSA) is 104 Å². The van der Waals surface area contributed by atoms with Crippen LogP contribution in [-0.2, 0) is 9.59 Å². The molecule has 0 heterocycles. The van der Waals surface area contributed by atoms with Gasteiger partial charge in [0.2, 0.25) is 0 Å². The Kier molecular flexibility index (Phi) is 5.31. The standard InChI is InChI=1S/C11H9BrClNO5/c12-6-2-1-5(3-7(6)13)10(17)14-8(11(18)19)4-9(15)16/h1-3,8H,4H2,(H,14,17)(H,15,16)(H,18,19)/t8-/m1/s1. The van der Waals surface area contributed by atoms with E-state index in [1.165, 1.54) is 18.2 Å². The van der Waals surface area contributed by atoms with Crippen molar-refractivity contribution in [3.8, 4) is 0 Å². The van der Waals surface area contributed by atoms with E-state index in [0.717, 1.165) is 0 Å². The number of hydrogen-bond donors (Lipinski definition) is 3. The minimum absolute atomic E-state index is 0.143. The van der Waals surface area contributed by atoms with E-state index < -0.39 is 30.3 Å². The Morgan fingerprint density at radius 1 is 1.32 bits per heavy atom. The summed E-state index contributed by atoms with van der Waals surface area (Å²) in [5, 5.41) is 19.8. The van der Waals surface area contributed by atoms with Crippen LogP contribution in [0.15, 0.2) is 22.7 Å². The molecule has 0 aliphatic carbocycles. The first-order valence-electron chi connectivity index (χ1n) is 5.01. The lowest BCUT2D eigenvalue weighted by Gasteiger charge is -2.12. The summed E-state index contributed by atoms with van der Waals surface area (Å²) in [6, 6.07) is 2.82. The minimum Gasteiger partial charge on any atom is -0.481 e. The van der Waals surface area contributed by atoms with Crippen LogP contribution in [-0.4, -0.2) is 34.1 Å². The van der Waals surface area contributed by atoms with Crippen molar-refractivity contribution in [3.05, 3.63) is 33.3 Å². The molecule has 102 valence electrons. The number of halogens is 2. The predicted molar refractivity (Wildman–Crippen MR) is 70.3 cm³/mol. The molecular formula is C11H9BrClNO5. The van der Waals surface area contributed by atoms with Crippen LogP contribution in [0.2, 0.25) is 5.02 Å². The number of carboxylic acid groups (broad SMARTS) is 2. The molecule has 1 aromatic carbocycles. The van der Waals surface area contributed by atoms with E-state index in [2.05, 4.69) is 21.2 Å². The van der Waals surface area contributed by atoms with Gasteiger partial charge in [0.05, 0.1) is 11.4 Å². The molecule has 8 heteroatoms. The number of hydrogen-bond acceptors (Lipinski definition) is 3. The Hall–Kier alpha value is -1.60. The molecule has 0 bridgehead atoms. The number of carbonyl (C=O) groups excluding carboxylic acids is 1. The molecule has 0 saturated heterocycles. The van der Waals surface area contributed by atoms with Gasteiger partial charge in [-0.05, 0) is 34.1 Å². The molecule has 0 aliphatic rings. The van der Waals surface area contributed by atoms with Gasteiger partial charge in [0.25, 0.3) is 5.91 Å². The Morgan fingerprint density at radius 2 is 1.95 bits per heavy atom. The van der Waals surface area contributed by atoms with Gasteiger partial charge in [0, 0.05) is 10.0 Å². The van der Waals surface area contributed by atoms with Crippen molar-refractivity contribution in [3.63, 3.8) is 0 Å². The molecule has 1 atom stereocenters. The number of rotatable bonds is 5. The first kappa shape index (κ1) is 15.5. The average molecular weight is 351 g/mol. The number of carbonyl (C=O) groups is 3. The van der Waals surface area contributed by atoms with E-state index in [1.807, 2.05) is 0 Å². The number of nitrogens with one attached hydrogen (secondary N) is 1. The van der Waals surface area contributed by atoms with Crippen LogP contribution in [0.5, 0.6) is 0 Å². The second-order valence-electron chi connectivity index (χ2n) is 3.59. The fourth-order valence-electron chi connectivity index (χ4n) is 1.25. The molecule has 1 rings (SSSR count). The van der Waals surface area contributed by atoms with E-state index in [1.54, 1.807) is 0 Å². The van der Waals surface area contributed by atoms with Crippen LogP contribution in [0.4, 0.5) is 0 Å². The zero-order valence-electron chi connectivity index (χ0n) is 9.39. The summed E-state index contributed by atoms with van der Waals surface area (Å²) in [7, 11) is 0. The van der Waals surface area contributed by atoms with Crippen LogP contribution >= 0.6 is 27.5 Å². The molecule has 0 aliphatic heterocycles. The highest BCUT2D eigenvalue weighted by Crippen LogP contribution is 2.23. The number of benzene rings is 1. The van der Waals surface area contributed by atoms with Crippen LogP contribution in [0.3, 0.4) is 0 Å². The first-order valence-corrected chi connectivity index (χ1v) is 6.19. The van der Waals surface area contributed by atoms with Gasteiger partial charge in [-0.2, -0.15) is 0 Å². The van der Waals surface area contributed by atoms with Crippen LogP contribution in [0, 0.1) is 0 Å².